The highest BCUT2D eigenvalue weighted by atomic mass is 19.1. The van der Waals surface area contributed by atoms with Gasteiger partial charge in [0.05, 0.1) is 0 Å². The standard InChI is InChI=1S/C16H15F2NO2/c1-10-9-12(17)6-5-11(10)7-8-19-16(21)15-13(18)3-2-4-14(15)20/h2-6,9,20H,7-8H2,1H3,(H,19,21). The van der Waals surface area contributed by atoms with Crippen LogP contribution in [0.2, 0.25) is 0 Å². The Morgan fingerprint density at radius 1 is 1.24 bits per heavy atom. The van der Waals surface area contributed by atoms with Crippen molar-refractivity contribution in [2.45, 2.75) is 13.3 Å². The third-order valence-corrected chi connectivity index (χ3v) is 3.20. The van der Waals surface area contributed by atoms with Crippen LogP contribution in [-0.4, -0.2) is 17.6 Å². The van der Waals surface area contributed by atoms with Gasteiger partial charge in [0, 0.05) is 6.54 Å². The predicted octanol–water partition coefficient (Wildman–Crippen LogP) is 2.95. The summed E-state index contributed by atoms with van der Waals surface area (Å²) >= 11 is 0. The average molecular weight is 291 g/mol. The van der Waals surface area contributed by atoms with E-state index < -0.39 is 17.5 Å². The third-order valence-electron chi connectivity index (χ3n) is 3.20. The lowest BCUT2D eigenvalue weighted by Gasteiger charge is -2.09. The molecule has 0 aliphatic carbocycles. The normalized spacial score (nSPS) is 10.4. The van der Waals surface area contributed by atoms with Gasteiger partial charge in [-0.3, -0.25) is 4.79 Å². The van der Waals surface area contributed by atoms with Gasteiger partial charge in [0.15, 0.2) is 0 Å². The summed E-state index contributed by atoms with van der Waals surface area (Å²) in [6.07, 6.45) is 0.493. The van der Waals surface area contributed by atoms with Crippen LogP contribution >= 0.6 is 0 Å². The second kappa shape index (κ2) is 6.35. The fourth-order valence-electron chi connectivity index (χ4n) is 2.08. The largest absolute Gasteiger partial charge is 0.507 e. The highest BCUT2D eigenvalue weighted by molar-refractivity contribution is 5.97. The van der Waals surface area contributed by atoms with Crippen LogP contribution in [0.25, 0.3) is 0 Å². The van der Waals surface area contributed by atoms with E-state index >= 15 is 0 Å². The molecular weight excluding hydrogens is 276 g/mol. The van der Waals surface area contributed by atoms with Crippen molar-refractivity contribution in [2.24, 2.45) is 0 Å². The number of carbonyl (C=O) groups is 1. The molecule has 0 fully saturated rings. The Balaban J connectivity index is 1.99. The summed E-state index contributed by atoms with van der Waals surface area (Å²) in [7, 11) is 0. The summed E-state index contributed by atoms with van der Waals surface area (Å²) in [6.45, 7) is 2.04. The molecule has 1 amide bonds. The van der Waals surface area contributed by atoms with Crippen molar-refractivity contribution in [1.82, 2.24) is 5.32 Å². The quantitative estimate of drug-likeness (QED) is 0.910. The molecule has 0 unspecified atom stereocenters. The van der Waals surface area contributed by atoms with E-state index in [9.17, 15) is 18.7 Å². The minimum atomic E-state index is -0.773. The first-order valence-corrected chi connectivity index (χ1v) is 6.49. The van der Waals surface area contributed by atoms with Gasteiger partial charge in [-0.15, -0.1) is 0 Å². The van der Waals surface area contributed by atoms with Crippen molar-refractivity contribution in [3.63, 3.8) is 0 Å². The van der Waals surface area contributed by atoms with Crippen molar-refractivity contribution >= 4 is 5.91 Å². The second-order valence-corrected chi connectivity index (χ2v) is 4.71. The van der Waals surface area contributed by atoms with E-state index in [4.69, 9.17) is 0 Å². The Hall–Kier alpha value is -2.43. The first-order chi connectivity index (χ1) is 9.99. The summed E-state index contributed by atoms with van der Waals surface area (Å²) < 4.78 is 26.5. The Kier molecular flexibility index (Phi) is 4.52. The van der Waals surface area contributed by atoms with Crippen molar-refractivity contribution in [2.75, 3.05) is 6.54 Å². The van der Waals surface area contributed by atoms with Crippen molar-refractivity contribution < 1.29 is 18.7 Å². The molecule has 2 aromatic rings. The number of benzene rings is 2. The predicted molar refractivity (Wildman–Crippen MR) is 75.2 cm³/mol. The molecule has 2 aromatic carbocycles. The molecule has 2 N–H and O–H groups in total. The summed E-state index contributed by atoms with van der Waals surface area (Å²) in [5, 5.41) is 12.0. The molecule has 110 valence electrons. The molecule has 0 aromatic heterocycles. The zero-order valence-corrected chi connectivity index (χ0v) is 11.5. The monoisotopic (exact) mass is 291 g/mol. The van der Waals surface area contributed by atoms with E-state index in [1.807, 2.05) is 0 Å². The van der Waals surface area contributed by atoms with Crippen LogP contribution in [0.1, 0.15) is 21.5 Å². The number of amides is 1. The fraction of sp³-hybridized carbons (Fsp3) is 0.188. The molecule has 0 radical (unpaired) electrons. The van der Waals surface area contributed by atoms with Crippen LogP contribution in [-0.2, 0) is 6.42 Å². The number of hydrogen-bond acceptors (Lipinski definition) is 2. The minimum Gasteiger partial charge on any atom is -0.507 e. The molecule has 0 heterocycles. The molecule has 0 aliphatic rings. The van der Waals surface area contributed by atoms with Crippen molar-refractivity contribution in [3.8, 4) is 5.75 Å². The van der Waals surface area contributed by atoms with Gasteiger partial charge in [-0.05, 0) is 48.7 Å². The molecule has 21 heavy (non-hydrogen) atoms. The van der Waals surface area contributed by atoms with E-state index in [1.54, 1.807) is 13.0 Å². The summed E-state index contributed by atoms with van der Waals surface area (Å²) in [5.74, 6) is -2.15. The van der Waals surface area contributed by atoms with Crippen LogP contribution in [0.3, 0.4) is 0 Å². The topological polar surface area (TPSA) is 49.3 Å². The highest BCUT2D eigenvalue weighted by Crippen LogP contribution is 2.19. The van der Waals surface area contributed by atoms with Crippen molar-refractivity contribution in [3.05, 3.63) is 64.7 Å². The van der Waals surface area contributed by atoms with Gasteiger partial charge in [0.1, 0.15) is 22.9 Å². The van der Waals surface area contributed by atoms with Gasteiger partial charge in [-0.25, -0.2) is 8.78 Å². The zero-order valence-electron chi connectivity index (χ0n) is 11.5. The second-order valence-electron chi connectivity index (χ2n) is 4.71. The molecular formula is C16H15F2NO2. The molecule has 0 aliphatic heterocycles. The number of rotatable bonds is 4. The number of halogens is 2. The van der Waals surface area contributed by atoms with Gasteiger partial charge in [-0.1, -0.05) is 12.1 Å². The summed E-state index contributed by atoms with van der Waals surface area (Å²) in [4.78, 5) is 11.8. The maximum atomic E-state index is 13.5. The first kappa shape index (κ1) is 15.0. The first-order valence-electron chi connectivity index (χ1n) is 6.49. The van der Waals surface area contributed by atoms with E-state index in [0.29, 0.717) is 6.42 Å². The Morgan fingerprint density at radius 2 is 2.00 bits per heavy atom. The van der Waals surface area contributed by atoms with E-state index in [1.165, 1.54) is 24.3 Å². The van der Waals surface area contributed by atoms with Gasteiger partial charge < -0.3 is 10.4 Å². The number of nitrogens with one attached hydrogen (secondary N) is 1. The number of aromatic hydroxyl groups is 1. The molecule has 2 rings (SSSR count). The molecule has 3 nitrogen and oxygen atoms in total. The molecule has 0 saturated carbocycles. The number of hydrogen-bond donors (Lipinski definition) is 2. The lowest BCUT2D eigenvalue weighted by Crippen LogP contribution is -2.26. The van der Waals surface area contributed by atoms with Crippen LogP contribution in [0.4, 0.5) is 8.78 Å². The van der Waals surface area contributed by atoms with Gasteiger partial charge in [0.25, 0.3) is 5.91 Å². The zero-order chi connectivity index (χ0) is 15.4. The lowest BCUT2D eigenvalue weighted by molar-refractivity contribution is 0.0947. The van der Waals surface area contributed by atoms with Gasteiger partial charge in [-0.2, -0.15) is 0 Å². The third kappa shape index (κ3) is 3.56. The molecule has 5 heteroatoms. The van der Waals surface area contributed by atoms with E-state index in [-0.39, 0.29) is 17.9 Å². The number of phenolic OH excluding ortho intramolecular Hbond substituents is 1. The van der Waals surface area contributed by atoms with Crippen LogP contribution < -0.4 is 5.32 Å². The van der Waals surface area contributed by atoms with Crippen LogP contribution in [0, 0.1) is 18.6 Å². The maximum Gasteiger partial charge on any atom is 0.258 e. The Morgan fingerprint density at radius 3 is 2.67 bits per heavy atom. The number of phenols is 1. The summed E-state index contributed by atoms with van der Waals surface area (Å²) in [6, 6.07) is 8.11. The number of aryl methyl sites for hydroxylation is 1. The van der Waals surface area contributed by atoms with Gasteiger partial charge in [0.2, 0.25) is 0 Å². The SMILES string of the molecule is Cc1cc(F)ccc1CCNC(=O)c1c(O)cccc1F. The lowest BCUT2D eigenvalue weighted by atomic mass is 10.1. The fourth-order valence-corrected chi connectivity index (χ4v) is 2.08. The molecule has 0 atom stereocenters. The number of carbonyl (C=O) groups excluding carboxylic acids is 1. The Labute approximate surface area is 121 Å². The van der Waals surface area contributed by atoms with Crippen LogP contribution in [0.15, 0.2) is 36.4 Å². The molecule has 0 bridgehead atoms. The van der Waals surface area contributed by atoms with E-state index in [0.717, 1.165) is 17.2 Å². The van der Waals surface area contributed by atoms with Crippen LogP contribution in [0.5, 0.6) is 5.75 Å². The highest BCUT2D eigenvalue weighted by Gasteiger charge is 2.15. The maximum absolute atomic E-state index is 13.5. The van der Waals surface area contributed by atoms with Gasteiger partial charge >= 0.3 is 0 Å². The Bertz CT molecular complexity index is 651. The average Bonchev–Trinajstić information content (AvgIpc) is 2.41. The minimum absolute atomic E-state index is 0.263. The smallest absolute Gasteiger partial charge is 0.258 e. The van der Waals surface area contributed by atoms with E-state index in [2.05, 4.69) is 5.32 Å². The molecule has 0 spiro atoms. The summed E-state index contributed by atoms with van der Waals surface area (Å²) in [5.41, 5.74) is 1.32. The molecule has 0 saturated heterocycles. The van der Waals surface area contributed by atoms with Crippen molar-refractivity contribution in [1.29, 1.82) is 0 Å².